The van der Waals surface area contributed by atoms with Crippen LogP contribution in [0.4, 0.5) is 0 Å². The van der Waals surface area contributed by atoms with E-state index in [4.69, 9.17) is 5.73 Å². The highest BCUT2D eigenvalue weighted by molar-refractivity contribution is 7.89. The van der Waals surface area contributed by atoms with Crippen LogP contribution in [0.25, 0.3) is 0 Å². The molecule has 1 aliphatic heterocycles. The third-order valence-corrected chi connectivity index (χ3v) is 5.87. The van der Waals surface area contributed by atoms with Gasteiger partial charge in [0.1, 0.15) is 0 Å². The summed E-state index contributed by atoms with van der Waals surface area (Å²) in [7, 11) is -3.71. The molecule has 0 radical (unpaired) electrons. The number of likely N-dealkylation sites (tertiary alicyclic amines) is 1. The molecule has 24 heavy (non-hydrogen) atoms. The van der Waals surface area contributed by atoms with E-state index in [2.05, 4.69) is 4.72 Å². The summed E-state index contributed by atoms with van der Waals surface area (Å²) in [5.74, 6) is 0.0824. The van der Waals surface area contributed by atoms with E-state index in [1.165, 1.54) is 12.1 Å². The molecule has 1 aromatic rings. The SMILES string of the molecule is Cc1ccc(S(=O)(=O)NC(C)C(=O)N2CC(CN)CC2C)cc1.Cl. The van der Waals surface area contributed by atoms with Crippen LogP contribution in [0.3, 0.4) is 0 Å². The largest absolute Gasteiger partial charge is 0.338 e. The number of carbonyl (C=O) groups is 1. The molecule has 0 aromatic heterocycles. The second-order valence-corrected chi connectivity index (χ2v) is 8.05. The molecule has 0 spiro atoms. The van der Waals surface area contributed by atoms with Crippen LogP contribution >= 0.6 is 12.4 Å². The predicted octanol–water partition coefficient (Wildman–Crippen LogP) is 1.28. The lowest BCUT2D eigenvalue weighted by Gasteiger charge is -2.25. The van der Waals surface area contributed by atoms with Gasteiger partial charge in [0.15, 0.2) is 0 Å². The minimum atomic E-state index is -3.71. The van der Waals surface area contributed by atoms with Crippen molar-refractivity contribution in [1.82, 2.24) is 9.62 Å². The van der Waals surface area contributed by atoms with Gasteiger partial charge in [-0.15, -0.1) is 12.4 Å². The second-order valence-electron chi connectivity index (χ2n) is 6.33. The fraction of sp³-hybridized carbons (Fsp3) is 0.562. The standard InChI is InChI=1S/C16H25N3O3S.ClH/c1-11-4-6-15(7-5-11)23(21,22)18-13(3)16(20)19-10-14(9-17)8-12(19)2;/h4-7,12-14,18H,8-10,17H2,1-3H3;1H. The normalized spacial score (nSPS) is 22.1. The maximum Gasteiger partial charge on any atom is 0.241 e. The number of hydrogen-bond acceptors (Lipinski definition) is 4. The van der Waals surface area contributed by atoms with Crippen molar-refractivity contribution in [1.29, 1.82) is 0 Å². The van der Waals surface area contributed by atoms with Gasteiger partial charge in [0.2, 0.25) is 15.9 Å². The van der Waals surface area contributed by atoms with Crippen LogP contribution < -0.4 is 10.5 Å². The van der Waals surface area contributed by atoms with E-state index in [0.717, 1.165) is 12.0 Å². The maximum absolute atomic E-state index is 12.5. The number of sulfonamides is 1. The number of aryl methyl sites for hydroxylation is 1. The van der Waals surface area contributed by atoms with Crippen LogP contribution in [0.2, 0.25) is 0 Å². The highest BCUT2D eigenvalue weighted by Crippen LogP contribution is 2.23. The molecule has 136 valence electrons. The summed E-state index contributed by atoms with van der Waals surface area (Å²) in [6.07, 6.45) is 0.861. The fourth-order valence-electron chi connectivity index (χ4n) is 2.94. The van der Waals surface area contributed by atoms with Crippen molar-refractivity contribution in [3.8, 4) is 0 Å². The van der Waals surface area contributed by atoms with Crippen LogP contribution in [0.1, 0.15) is 25.8 Å². The molecule has 3 unspecified atom stereocenters. The number of carbonyl (C=O) groups excluding carboxylic acids is 1. The van der Waals surface area contributed by atoms with Gasteiger partial charge >= 0.3 is 0 Å². The first-order valence-electron chi connectivity index (χ1n) is 7.84. The molecule has 1 heterocycles. The average Bonchev–Trinajstić information content (AvgIpc) is 2.87. The van der Waals surface area contributed by atoms with E-state index in [1.807, 2.05) is 13.8 Å². The first-order chi connectivity index (χ1) is 10.7. The summed E-state index contributed by atoms with van der Waals surface area (Å²) >= 11 is 0. The van der Waals surface area contributed by atoms with Gasteiger partial charge in [-0.1, -0.05) is 17.7 Å². The highest BCUT2D eigenvalue weighted by atomic mass is 35.5. The zero-order valence-corrected chi connectivity index (χ0v) is 15.9. The van der Waals surface area contributed by atoms with Crippen LogP contribution in [-0.2, 0) is 14.8 Å². The quantitative estimate of drug-likeness (QED) is 0.810. The summed E-state index contributed by atoms with van der Waals surface area (Å²) in [5, 5.41) is 0. The first-order valence-corrected chi connectivity index (χ1v) is 9.32. The molecule has 6 nitrogen and oxygen atoms in total. The summed E-state index contributed by atoms with van der Waals surface area (Å²) in [6, 6.07) is 5.82. The molecule has 3 N–H and O–H groups in total. The molecule has 1 aromatic carbocycles. The summed E-state index contributed by atoms with van der Waals surface area (Å²) < 4.78 is 27.2. The van der Waals surface area contributed by atoms with E-state index < -0.39 is 16.1 Å². The van der Waals surface area contributed by atoms with E-state index in [-0.39, 0.29) is 35.2 Å². The maximum atomic E-state index is 12.5. The summed E-state index contributed by atoms with van der Waals surface area (Å²) in [5.41, 5.74) is 6.65. The number of amides is 1. The monoisotopic (exact) mass is 375 g/mol. The number of nitrogens with two attached hydrogens (primary N) is 1. The Bertz CT molecular complexity index is 664. The number of nitrogens with zero attached hydrogens (tertiary/aromatic N) is 1. The molecule has 0 saturated carbocycles. The Hall–Kier alpha value is -1.15. The van der Waals surface area contributed by atoms with Crippen molar-refractivity contribution in [2.75, 3.05) is 13.1 Å². The zero-order chi connectivity index (χ0) is 17.2. The number of nitrogens with one attached hydrogen (secondary N) is 1. The highest BCUT2D eigenvalue weighted by Gasteiger charge is 2.35. The van der Waals surface area contributed by atoms with Crippen molar-refractivity contribution in [3.63, 3.8) is 0 Å². The van der Waals surface area contributed by atoms with Crippen LogP contribution in [0, 0.1) is 12.8 Å². The van der Waals surface area contributed by atoms with E-state index >= 15 is 0 Å². The minimum Gasteiger partial charge on any atom is -0.338 e. The second kappa shape index (κ2) is 8.29. The molecule has 0 bridgehead atoms. The topological polar surface area (TPSA) is 92.5 Å². The van der Waals surface area contributed by atoms with Gasteiger partial charge in [-0.05, 0) is 51.8 Å². The molecule has 2 rings (SSSR count). The summed E-state index contributed by atoms with van der Waals surface area (Å²) in [6.45, 7) is 6.56. The van der Waals surface area contributed by atoms with Gasteiger partial charge in [-0.2, -0.15) is 4.72 Å². The van der Waals surface area contributed by atoms with Crippen LogP contribution in [-0.4, -0.2) is 44.4 Å². The van der Waals surface area contributed by atoms with Gasteiger partial charge in [-0.25, -0.2) is 8.42 Å². The third-order valence-electron chi connectivity index (χ3n) is 4.31. The Morgan fingerprint density at radius 3 is 2.46 bits per heavy atom. The Kier molecular flexibility index (Phi) is 7.22. The Morgan fingerprint density at radius 1 is 1.38 bits per heavy atom. The van der Waals surface area contributed by atoms with E-state index in [9.17, 15) is 13.2 Å². The molecule has 1 saturated heterocycles. The van der Waals surface area contributed by atoms with Crippen molar-refractivity contribution < 1.29 is 13.2 Å². The Morgan fingerprint density at radius 2 is 1.96 bits per heavy atom. The van der Waals surface area contributed by atoms with E-state index in [1.54, 1.807) is 24.0 Å². The zero-order valence-electron chi connectivity index (χ0n) is 14.2. The van der Waals surface area contributed by atoms with Gasteiger partial charge in [0.25, 0.3) is 0 Å². The smallest absolute Gasteiger partial charge is 0.241 e. The van der Waals surface area contributed by atoms with Gasteiger partial charge in [0, 0.05) is 12.6 Å². The predicted molar refractivity (Wildman–Crippen MR) is 96.5 cm³/mol. The van der Waals surface area contributed by atoms with Gasteiger partial charge in [0.05, 0.1) is 10.9 Å². The molecule has 3 atom stereocenters. The number of rotatable bonds is 5. The fourth-order valence-corrected chi connectivity index (χ4v) is 4.13. The lowest BCUT2D eigenvalue weighted by molar-refractivity contribution is -0.133. The molecule has 0 aliphatic carbocycles. The number of halogens is 1. The first kappa shape index (κ1) is 20.9. The van der Waals surface area contributed by atoms with Gasteiger partial charge < -0.3 is 10.6 Å². The van der Waals surface area contributed by atoms with Crippen LogP contribution in [0.5, 0.6) is 0 Å². The molecular formula is C16H26ClN3O3S. The van der Waals surface area contributed by atoms with E-state index in [0.29, 0.717) is 13.1 Å². The Labute approximate surface area is 150 Å². The molecule has 1 amide bonds. The number of benzene rings is 1. The molecule has 8 heteroatoms. The lowest BCUT2D eigenvalue weighted by atomic mass is 10.1. The van der Waals surface area contributed by atoms with Crippen molar-refractivity contribution in [3.05, 3.63) is 29.8 Å². The van der Waals surface area contributed by atoms with Crippen molar-refractivity contribution in [2.45, 2.75) is 44.2 Å². The Balaban J connectivity index is 0.00000288. The molecular weight excluding hydrogens is 350 g/mol. The minimum absolute atomic E-state index is 0. The molecule has 1 fully saturated rings. The number of hydrogen-bond donors (Lipinski definition) is 2. The average molecular weight is 376 g/mol. The van der Waals surface area contributed by atoms with Crippen molar-refractivity contribution >= 4 is 28.3 Å². The van der Waals surface area contributed by atoms with Gasteiger partial charge in [-0.3, -0.25) is 4.79 Å². The third kappa shape index (κ3) is 4.69. The molecule has 1 aliphatic rings. The summed E-state index contributed by atoms with van der Waals surface area (Å²) in [4.78, 5) is 14.4. The van der Waals surface area contributed by atoms with Crippen LogP contribution in [0.15, 0.2) is 29.2 Å². The van der Waals surface area contributed by atoms with Crippen molar-refractivity contribution in [2.24, 2.45) is 11.7 Å². The lowest BCUT2D eigenvalue weighted by Crippen LogP contribution is -2.48.